The lowest BCUT2D eigenvalue weighted by Crippen LogP contribution is -2.25. The molecule has 0 unspecified atom stereocenters. The van der Waals surface area contributed by atoms with Crippen LogP contribution in [0, 0.1) is 0 Å². The van der Waals surface area contributed by atoms with Gasteiger partial charge in [-0.05, 0) is 38.1 Å². The molecule has 0 aliphatic carbocycles. The van der Waals surface area contributed by atoms with Gasteiger partial charge in [0.1, 0.15) is 30.3 Å². The number of ether oxygens (including phenoxy) is 4. The summed E-state index contributed by atoms with van der Waals surface area (Å²) in [5.41, 5.74) is 0.783. The van der Waals surface area contributed by atoms with Crippen molar-refractivity contribution in [2.45, 2.75) is 20.1 Å². The molecule has 4 rings (SSSR count). The highest BCUT2D eigenvalue weighted by Crippen LogP contribution is 2.29. The summed E-state index contributed by atoms with van der Waals surface area (Å²) in [6.45, 7) is 5.20. The predicted octanol–water partition coefficient (Wildman–Crippen LogP) is 4.07. The predicted molar refractivity (Wildman–Crippen MR) is 123 cm³/mol. The number of hydrogen-bond acceptors (Lipinski definition) is 9. The summed E-state index contributed by atoms with van der Waals surface area (Å²) in [5, 5.41) is 8.35. The number of rotatable bonds is 11. The summed E-state index contributed by atoms with van der Waals surface area (Å²) in [6.07, 6.45) is 4.55. The van der Waals surface area contributed by atoms with E-state index in [-0.39, 0.29) is 6.61 Å². The van der Waals surface area contributed by atoms with Gasteiger partial charge in [0, 0.05) is 44.0 Å². The maximum Gasteiger partial charge on any atom is 0.219 e. The van der Waals surface area contributed by atoms with Gasteiger partial charge < -0.3 is 24.3 Å². The minimum Gasteiger partial charge on any atom is -0.487 e. The number of nitrogens with zero attached hydrogens (tertiary/aromatic N) is 5. The fourth-order valence-corrected chi connectivity index (χ4v) is 3.12. The van der Waals surface area contributed by atoms with Gasteiger partial charge in [-0.2, -0.15) is 5.10 Å². The van der Waals surface area contributed by atoms with Crippen LogP contribution in [0.3, 0.4) is 0 Å². The highest BCUT2D eigenvalue weighted by atomic mass is 16.7. The van der Waals surface area contributed by atoms with E-state index < -0.39 is 6.29 Å². The molecule has 4 aromatic rings. The zero-order valence-corrected chi connectivity index (χ0v) is 18.8. The van der Waals surface area contributed by atoms with Gasteiger partial charge in [-0.25, -0.2) is 15.0 Å². The first-order valence-corrected chi connectivity index (χ1v) is 10.7. The maximum atomic E-state index is 5.93. The van der Waals surface area contributed by atoms with Crippen LogP contribution in [0.15, 0.2) is 55.1 Å². The van der Waals surface area contributed by atoms with Crippen LogP contribution in [0.1, 0.15) is 13.8 Å². The molecule has 3 aromatic heterocycles. The molecule has 0 aliphatic rings. The van der Waals surface area contributed by atoms with Gasteiger partial charge in [-0.1, -0.05) is 0 Å². The van der Waals surface area contributed by atoms with Crippen LogP contribution in [-0.4, -0.2) is 50.8 Å². The molecule has 0 radical (unpaired) electrons. The molecule has 172 valence electrons. The molecule has 0 saturated heterocycles. The third-order valence-corrected chi connectivity index (χ3v) is 4.59. The van der Waals surface area contributed by atoms with Crippen molar-refractivity contribution in [3.63, 3.8) is 0 Å². The first-order chi connectivity index (χ1) is 16.1. The Labute approximate surface area is 191 Å². The molecule has 0 atom stereocenters. The fourth-order valence-electron chi connectivity index (χ4n) is 3.12. The summed E-state index contributed by atoms with van der Waals surface area (Å²) in [4.78, 5) is 13.0. The Hall–Kier alpha value is -3.76. The number of hydrogen-bond donors (Lipinski definition) is 1. The minimum atomic E-state index is -0.412. The van der Waals surface area contributed by atoms with E-state index >= 15 is 0 Å². The van der Waals surface area contributed by atoms with Crippen molar-refractivity contribution in [3.05, 3.63) is 55.1 Å². The Kier molecular flexibility index (Phi) is 7.28. The quantitative estimate of drug-likeness (QED) is 0.338. The van der Waals surface area contributed by atoms with Crippen molar-refractivity contribution in [2.24, 2.45) is 7.05 Å². The van der Waals surface area contributed by atoms with Crippen molar-refractivity contribution in [2.75, 3.05) is 25.1 Å². The molecular formula is C23H26N6O4. The zero-order chi connectivity index (χ0) is 23.0. The minimum absolute atomic E-state index is 0.278. The number of aromatic nitrogens is 5. The molecular weight excluding hydrogens is 424 g/mol. The first kappa shape index (κ1) is 22.4. The second-order valence-electron chi connectivity index (χ2n) is 6.99. The van der Waals surface area contributed by atoms with Crippen LogP contribution < -0.4 is 14.8 Å². The Balaban J connectivity index is 1.44. The van der Waals surface area contributed by atoms with Crippen LogP contribution in [-0.2, 0) is 16.5 Å². The normalized spacial score (nSPS) is 11.2. The van der Waals surface area contributed by atoms with Crippen molar-refractivity contribution in [1.82, 2.24) is 24.7 Å². The average Bonchev–Trinajstić information content (AvgIpc) is 3.23. The van der Waals surface area contributed by atoms with Crippen LogP contribution >= 0.6 is 0 Å². The highest BCUT2D eigenvalue weighted by molar-refractivity contribution is 5.91. The van der Waals surface area contributed by atoms with Gasteiger partial charge in [0.25, 0.3) is 0 Å². The molecule has 0 aliphatic heterocycles. The van der Waals surface area contributed by atoms with Crippen molar-refractivity contribution in [1.29, 1.82) is 0 Å². The third kappa shape index (κ3) is 5.93. The van der Waals surface area contributed by atoms with E-state index in [0.29, 0.717) is 42.2 Å². The van der Waals surface area contributed by atoms with Crippen LogP contribution in [0.5, 0.6) is 17.4 Å². The molecule has 0 bridgehead atoms. The lowest BCUT2D eigenvalue weighted by atomic mass is 10.2. The Morgan fingerprint density at radius 3 is 2.48 bits per heavy atom. The van der Waals surface area contributed by atoms with Gasteiger partial charge in [0.2, 0.25) is 5.88 Å². The number of pyridine rings is 1. The Morgan fingerprint density at radius 2 is 1.79 bits per heavy atom. The number of anilines is 2. The standard InChI is InChI=1S/C23H26N6O4/c1-4-30-22(31-5-2)14-32-17-7-9-21(24-13-17)33-16-6-8-19-18(12-16)23(26-15-25-19)27-20-10-11-29(3)28-20/h6-13,15,22H,4-5,14H2,1-3H3,(H,25,26,27,28). The Morgan fingerprint density at radius 1 is 0.970 bits per heavy atom. The first-order valence-electron chi connectivity index (χ1n) is 10.7. The van der Waals surface area contributed by atoms with Gasteiger partial charge in [0.15, 0.2) is 12.1 Å². The lowest BCUT2D eigenvalue weighted by Gasteiger charge is -2.17. The topological polar surface area (TPSA) is 105 Å². The zero-order valence-electron chi connectivity index (χ0n) is 18.8. The van der Waals surface area contributed by atoms with Gasteiger partial charge in [-0.15, -0.1) is 0 Å². The van der Waals surface area contributed by atoms with Gasteiger partial charge in [0.05, 0.1) is 11.7 Å². The molecule has 33 heavy (non-hydrogen) atoms. The molecule has 0 fully saturated rings. The highest BCUT2D eigenvalue weighted by Gasteiger charge is 2.11. The van der Waals surface area contributed by atoms with E-state index in [9.17, 15) is 0 Å². The summed E-state index contributed by atoms with van der Waals surface area (Å²) >= 11 is 0. The summed E-state index contributed by atoms with van der Waals surface area (Å²) in [6, 6.07) is 11.0. The average molecular weight is 450 g/mol. The van der Waals surface area contributed by atoms with E-state index in [4.69, 9.17) is 18.9 Å². The summed E-state index contributed by atoms with van der Waals surface area (Å²) < 4.78 is 24.3. The second kappa shape index (κ2) is 10.7. The van der Waals surface area contributed by atoms with E-state index in [1.54, 1.807) is 23.0 Å². The number of fused-ring (bicyclic) bond motifs is 1. The van der Waals surface area contributed by atoms with Crippen LogP contribution in [0.2, 0.25) is 0 Å². The van der Waals surface area contributed by atoms with E-state index in [2.05, 4.69) is 25.4 Å². The SMILES string of the molecule is CCOC(COc1ccc(Oc2ccc3ncnc(Nc4ccn(C)n4)c3c2)nc1)OCC. The molecule has 10 heteroatoms. The second-order valence-corrected chi connectivity index (χ2v) is 6.99. The van der Waals surface area contributed by atoms with Gasteiger partial charge >= 0.3 is 0 Å². The number of nitrogens with one attached hydrogen (secondary N) is 1. The van der Waals surface area contributed by atoms with Crippen LogP contribution in [0.4, 0.5) is 11.6 Å². The third-order valence-electron chi connectivity index (χ3n) is 4.59. The molecule has 1 aromatic carbocycles. The molecule has 0 saturated carbocycles. The van der Waals surface area contributed by atoms with Crippen LogP contribution in [0.25, 0.3) is 10.9 Å². The summed E-state index contributed by atoms with van der Waals surface area (Å²) in [5.74, 6) is 2.97. The van der Waals surface area contributed by atoms with E-state index in [0.717, 1.165) is 10.9 Å². The fraction of sp³-hybridized carbons (Fsp3) is 0.304. The van der Waals surface area contributed by atoms with E-state index in [1.165, 1.54) is 6.33 Å². The largest absolute Gasteiger partial charge is 0.487 e. The van der Waals surface area contributed by atoms with Crippen molar-refractivity contribution < 1.29 is 18.9 Å². The van der Waals surface area contributed by atoms with Crippen molar-refractivity contribution in [3.8, 4) is 17.4 Å². The number of benzene rings is 1. The lowest BCUT2D eigenvalue weighted by molar-refractivity contribution is -0.152. The number of aryl methyl sites for hydroxylation is 1. The smallest absolute Gasteiger partial charge is 0.219 e. The maximum absolute atomic E-state index is 5.93. The monoisotopic (exact) mass is 450 g/mol. The molecule has 0 amide bonds. The Bertz CT molecular complexity index is 1180. The van der Waals surface area contributed by atoms with Crippen molar-refractivity contribution >= 4 is 22.5 Å². The molecule has 0 spiro atoms. The molecule has 10 nitrogen and oxygen atoms in total. The van der Waals surface area contributed by atoms with Gasteiger partial charge in [-0.3, -0.25) is 4.68 Å². The molecule has 3 heterocycles. The molecule has 1 N–H and O–H groups in total. The van der Waals surface area contributed by atoms with E-state index in [1.807, 2.05) is 51.4 Å². The summed E-state index contributed by atoms with van der Waals surface area (Å²) in [7, 11) is 1.86.